The van der Waals surface area contributed by atoms with Gasteiger partial charge in [0, 0.05) is 6.92 Å². The molecule has 0 radical (unpaired) electrons. The third-order valence-electron chi connectivity index (χ3n) is 4.25. The first kappa shape index (κ1) is 22.2. The van der Waals surface area contributed by atoms with Crippen molar-refractivity contribution in [3.8, 4) is 0 Å². The molecule has 0 spiro atoms. The molecular formula is C20H39NO2. The van der Waals surface area contributed by atoms with Gasteiger partial charge in [-0.2, -0.15) is 0 Å². The zero-order valence-corrected chi connectivity index (χ0v) is 15.7. The molecule has 3 heteroatoms. The van der Waals surface area contributed by atoms with Crippen LogP contribution >= 0.6 is 0 Å². The fourth-order valence-electron chi connectivity index (χ4n) is 2.73. The molecule has 0 aromatic rings. The van der Waals surface area contributed by atoms with E-state index in [0.717, 1.165) is 6.42 Å². The van der Waals surface area contributed by atoms with Crippen molar-refractivity contribution in [2.24, 2.45) is 0 Å². The number of hydrogen-bond acceptors (Lipinski definition) is 2. The van der Waals surface area contributed by atoms with Crippen LogP contribution in [0.25, 0.3) is 0 Å². The fraction of sp³-hybridized carbons (Fsp3) is 0.850. The zero-order valence-electron chi connectivity index (χ0n) is 15.7. The average Bonchev–Trinajstić information content (AvgIpc) is 2.51. The topological polar surface area (TPSA) is 49.3 Å². The second-order valence-corrected chi connectivity index (χ2v) is 6.73. The van der Waals surface area contributed by atoms with Gasteiger partial charge in [-0.05, 0) is 19.8 Å². The summed E-state index contributed by atoms with van der Waals surface area (Å²) in [5.41, 5.74) is 0. The quantitative estimate of drug-likeness (QED) is 0.324. The van der Waals surface area contributed by atoms with Crippen LogP contribution in [0.4, 0.5) is 0 Å². The van der Waals surface area contributed by atoms with E-state index >= 15 is 0 Å². The molecule has 2 atom stereocenters. The van der Waals surface area contributed by atoms with Crippen molar-refractivity contribution in [1.82, 2.24) is 5.32 Å². The van der Waals surface area contributed by atoms with Gasteiger partial charge in [0.25, 0.3) is 0 Å². The number of nitrogens with one attached hydrogen (secondary N) is 1. The molecule has 3 nitrogen and oxygen atoms in total. The van der Waals surface area contributed by atoms with Gasteiger partial charge in [-0.25, -0.2) is 0 Å². The Morgan fingerprint density at radius 3 is 1.91 bits per heavy atom. The van der Waals surface area contributed by atoms with Crippen molar-refractivity contribution >= 4 is 5.91 Å². The van der Waals surface area contributed by atoms with Gasteiger partial charge in [-0.3, -0.25) is 4.79 Å². The van der Waals surface area contributed by atoms with Crippen LogP contribution in [0.5, 0.6) is 0 Å². The predicted molar refractivity (Wildman–Crippen MR) is 99.5 cm³/mol. The number of unbranched alkanes of at least 4 members (excludes halogenated alkanes) is 11. The second kappa shape index (κ2) is 16.0. The fourth-order valence-corrected chi connectivity index (χ4v) is 2.73. The third kappa shape index (κ3) is 15.8. The van der Waals surface area contributed by atoms with Gasteiger partial charge in [0.05, 0.1) is 12.1 Å². The van der Waals surface area contributed by atoms with Gasteiger partial charge < -0.3 is 10.4 Å². The Balaban J connectivity index is 3.35. The monoisotopic (exact) mass is 325 g/mol. The van der Waals surface area contributed by atoms with E-state index in [1.54, 1.807) is 6.08 Å². The average molecular weight is 326 g/mol. The molecule has 0 saturated carbocycles. The summed E-state index contributed by atoms with van der Waals surface area (Å²) in [4.78, 5) is 10.9. The summed E-state index contributed by atoms with van der Waals surface area (Å²) in [6.45, 7) is 5.55. The number of rotatable bonds is 15. The lowest BCUT2D eigenvalue weighted by Crippen LogP contribution is -2.38. The number of aliphatic hydroxyl groups excluding tert-OH is 1. The lowest BCUT2D eigenvalue weighted by molar-refractivity contribution is -0.120. The summed E-state index contributed by atoms with van der Waals surface area (Å²) in [6.07, 6.45) is 19.2. The molecule has 0 aromatic heterocycles. The Hall–Kier alpha value is -0.830. The van der Waals surface area contributed by atoms with E-state index in [2.05, 4.69) is 12.2 Å². The Kier molecular flexibility index (Phi) is 15.5. The van der Waals surface area contributed by atoms with Crippen LogP contribution in [0.3, 0.4) is 0 Å². The molecule has 0 aliphatic rings. The van der Waals surface area contributed by atoms with Crippen LogP contribution in [-0.2, 0) is 4.79 Å². The molecule has 0 aromatic carbocycles. The van der Waals surface area contributed by atoms with Crippen molar-refractivity contribution in [3.63, 3.8) is 0 Å². The molecule has 2 N–H and O–H groups in total. The van der Waals surface area contributed by atoms with Crippen LogP contribution in [-0.4, -0.2) is 23.2 Å². The highest BCUT2D eigenvalue weighted by molar-refractivity contribution is 5.73. The van der Waals surface area contributed by atoms with E-state index in [1.807, 2.05) is 13.0 Å². The van der Waals surface area contributed by atoms with E-state index in [1.165, 1.54) is 77.6 Å². The molecule has 0 bridgehead atoms. The smallest absolute Gasteiger partial charge is 0.217 e. The molecule has 0 heterocycles. The molecule has 0 fully saturated rings. The maximum absolute atomic E-state index is 10.9. The van der Waals surface area contributed by atoms with Crippen molar-refractivity contribution in [2.45, 2.75) is 110 Å². The SMILES string of the molecule is CCCCCCCCCCCCC/C=C/[C@@H](O)[C@H](C)NC(C)=O. The Morgan fingerprint density at radius 2 is 1.43 bits per heavy atom. The second-order valence-electron chi connectivity index (χ2n) is 6.73. The number of amides is 1. The highest BCUT2D eigenvalue weighted by Crippen LogP contribution is 2.12. The van der Waals surface area contributed by atoms with Gasteiger partial charge in [0.15, 0.2) is 0 Å². The van der Waals surface area contributed by atoms with E-state index in [0.29, 0.717) is 0 Å². The maximum atomic E-state index is 10.9. The summed E-state index contributed by atoms with van der Waals surface area (Å²) in [5.74, 6) is -0.102. The first-order valence-electron chi connectivity index (χ1n) is 9.69. The highest BCUT2D eigenvalue weighted by atomic mass is 16.3. The van der Waals surface area contributed by atoms with E-state index in [-0.39, 0.29) is 11.9 Å². The molecular weight excluding hydrogens is 286 g/mol. The number of aliphatic hydroxyl groups is 1. The van der Waals surface area contributed by atoms with E-state index in [4.69, 9.17) is 0 Å². The molecule has 0 aliphatic carbocycles. The van der Waals surface area contributed by atoms with Crippen LogP contribution in [0, 0.1) is 0 Å². The Morgan fingerprint density at radius 1 is 0.957 bits per heavy atom. The van der Waals surface area contributed by atoms with Crippen LogP contribution < -0.4 is 5.32 Å². The van der Waals surface area contributed by atoms with Crippen LogP contribution in [0.15, 0.2) is 12.2 Å². The first-order chi connectivity index (χ1) is 11.1. The van der Waals surface area contributed by atoms with Crippen molar-refractivity contribution in [2.75, 3.05) is 0 Å². The molecule has 136 valence electrons. The van der Waals surface area contributed by atoms with Crippen molar-refractivity contribution < 1.29 is 9.90 Å². The van der Waals surface area contributed by atoms with E-state index < -0.39 is 6.10 Å². The number of carbonyl (C=O) groups excluding carboxylic acids is 1. The van der Waals surface area contributed by atoms with Gasteiger partial charge in [-0.1, -0.05) is 83.3 Å². The lowest BCUT2D eigenvalue weighted by atomic mass is 10.0. The molecule has 0 aliphatic heterocycles. The molecule has 0 unspecified atom stereocenters. The lowest BCUT2D eigenvalue weighted by Gasteiger charge is -2.16. The summed E-state index contributed by atoms with van der Waals surface area (Å²) < 4.78 is 0. The van der Waals surface area contributed by atoms with Crippen molar-refractivity contribution in [3.05, 3.63) is 12.2 Å². The van der Waals surface area contributed by atoms with Gasteiger partial charge in [0.1, 0.15) is 0 Å². The minimum atomic E-state index is -0.591. The summed E-state index contributed by atoms with van der Waals surface area (Å²) >= 11 is 0. The Bertz CT molecular complexity index is 302. The predicted octanol–water partition coefficient (Wildman–Crippen LogP) is 5.13. The molecule has 0 rings (SSSR count). The first-order valence-corrected chi connectivity index (χ1v) is 9.69. The number of hydrogen-bond donors (Lipinski definition) is 2. The Labute approximate surface area is 143 Å². The summed E-state index contributed by atoms with van der Waals surface area (Å²) in [6, 6.07) is -0.221. The van der Waals surface area contributed by atoms with E-state index in [9.17, 15) is 9.90 Å². The molecule has 23 heavy (non-hydrogen) atoms. The van der Waals surface area contributed by atoms with Gasteiger partial charge >= 0.3 is 0 Å². The highest BCUT2D eigenvalue weighted by Gasteiger charge is 2.10. The van der Waals surface area contributed by atoms with Gasteiger partial charge in [0.2, 0.25) is 5.91 Å². The van der Waals surface area contributed by atoms with Crippen LogP contribution in [0.1, 0.15) is 97.8 Å². The summed E-state index contributed by atoms with van der Waals surface area (Å²) in [5, 5.41) is 12.5. The number of carbonyl (C=O) groups is 1. The minimum absolute atomic E-state index is 0.102. The maximum Gasteiger partial charge on any atom is 0.217 e. The molecule has 0 saturated heterocycles. The minimum Gasteiger partial charge on any atom is -0.387 e. The van der Waals surface area contributed by atoms with Gasteiger partial charge in [-0.15, -0.1) is 0 Å². The summed E-state index contributed by atoms with van der Waals surface area (Å²) in [7, 11) is 0. The number of allylic oxidation sites excluding steroid dienone is 1. The largest absolute Gasteiger partial charge is 0.387 e. The standard InChI is InChI=1S/C20H39NO2/c1-4-5-6-7-8-9-10-11-12-13-14-15-16-17-20(23)18(2)21-19(3)22/h16-18,20,23H,4-15H2,1-3H3,(H,21,22)/b17-16+/t18-,20+/m0/s1. The zero-order chi connectivity index (χ0) is 17.3. The van der Waals surface area contributed by atoms with Crippen LogP contribution in [0.2, 0.25) is 0 Å². The molecule has 1 amide bonds. The normalized spacial score (nSPS) is 14.1. The third-order valence-corrected chi connectivity index (χ3v) is 4.25. The van der Waals surface area contributed by atoms with Crippen molar-refractivity contribution in [1.29, 1.82) is 0 Å².